The van der Waals surface area contributed by atoms with Crippen LogP contribution in [0.15, 0.2) is 22.7 Å². The highest BCUT2D eigenvalue weighted by Crippen LogP contribution is 2.23. The molecule has 0 bridgehead atoms. The first-order valence-corrected chi connectivity index (χ1v) is 6.66. The average Bonchev–Trinajstić information content (AvgIpc) is 2.23. The Morgan fingerprint density at radius 2 is 1.88 bits per heavy atom. The summed E-state index contributed by atoms with van der Waals surface area (Å²) < 4.78 is 1.09. The first-order valence-electron chi connectivity index (χ1n) is 5.87. The van der Waals surface area contributed by atoms with Crippen LogP contribution < -0.4 is 5.73 Å². The van der Waals surface area contributed by atoms with Crippen LogP contribution >= 0.6 is 15.9 Å². The molecule has 0 saturated heterocycles. The first-order chi connectivity index (χ1) is 8.00. The molecule has 0 aromatic heterocycles. The van der Waals surface area contributed by atoms with Crippen LogP contribution in [0.1, 0.15) is 12.0 Å². The zero-order chi connectivity index (χ0) is 12.8. The first kappa shape index (κ1) is 14.5. The Morgan fingerprint density at radius 1 is 1.18 bits per heavy atom. The van der Waals surface area contributed by atoms with Gasteiger partial charge in [0.25, 0.3) is 0 Å². The van der Waals surface area contributed by atoms with E-state index in [4.69, 9.17) is 5.73 Å². The smallest absolute Gasteiger partial charge is 0.0371 e. The molecule has 0 aliphatic carbocycles. The third kappa shape index (κ3) is 5.06. The van der Waals surface area contributed by atoms with Crippen molar-refractivity contribution in [1.82, 2.24) is 9.80 Å². The molecule has 2 N–H and O–H groups in total. The Morgan fingerprint density at radius 3 is 2.47 bits per heavy atom. The maximum Gasteiger partial charge on any atom is 0.0371 e. The Kier molecular flexibility index (Phi) is 5.95. The van der Waals surface area contributed by atoms with Crippen LogP contribution in [0, 0.1) is 0 Å². The Labute approximate surface area is 113 Å². The second-order valence-corrected chi connectivity index (χ2v) is 5.56. The minimum absolute atomic E-state index is 0.860. The number of nitrogen functional groups attached to an aromatic ring is 1. The minimum Gasteiger partial charge on any atom is -0.398 e. The number of anilines is 1. The fourth-order valence-electron chi connectivity index (χ4n) is 1.75. The van der Waals surface area contributed by atoms with Gasteiger partial charge in [0, 0.05) is 22.3 Å². The van der Waals surface area contributed by atoms with E-state index in [0.29, 0.717) is 0 Å². The Hall–Kier alpha value is -0.580. The van der Waals surface area contributed by atoms with Gasteiger partial charge in [-0.05, 0) is 52.8 Å². The number of rotatable bonds is 6. The molecule has 0 unspecified atom stereocenters. The summed E-state index contributed by atoms with van der Waals surface area (Å²) >= 11 is 3.55. The predicted molar refractivity (Wildman–Crippen MR) is 78.1 cm³/mol. The van der Waals surface area contributed by atoms with Crippen molar-refractivity contribution in [3.8, 4) is 0 Å². The van der Waals surface area contributed by atoms with E-state index in [1.807, 2.05) is 18.2 Å². The molecule has 0 amide bonds. The molecule has 0 atom stereocenters. The van der Waals surface area contributed by atoms with Crippen LogP contribution in [-0.2, 0) is 6.54 Å². The van der Waals surface area contributed by atoms with Crippen molar-refractivity contribution in [2.45, 2.75) is 13.0 Å². The highest BCUT2D eigenvalue weighted by atomic mass is 79.9. The van der Waals surface area contributed by atoms with Gasteiger partial charge in [0.05, 0.1) is 0 Å². The van der Waals surface area contributed by atoms with Crippen LogP contribution in [0.3, 0.4) is 0 Å². The zero-order valence-electron chi connectivity index (χ0n) is 10.9. The summed E-state index contributed by atoms with van der Waals surface area (Å²) in [6, 6.07) is 5.96. The lowest BCUT2D eigenvalue weighted by Crippen LogP contribution is -2.24. The van der Waals surface area contributed by atoms with Crippen molar-refractivity contribution in [1.29, 1.82) is 0 Å². The molecule has 4 heteroatoms. The summed E-state index contributed by atoms with van der Waals surface area (Å²) in [5.41, 5.74) is 8.02. The topological polar surface area (TPSA) is 32.5 Å². The van der Waals surface area contributed by atoms with Crippen molar-refractivity contribution in [2.24, 2.45) is 0 Å². The second kappa shape index (κ2) is 6.99. The lowest BCUT2D eigenvalue weighted by molar-refractivity contribution is 0.294. The van der Waals surface area contributed by atoms with Gasteiger partial charge in [0.15, 0.2) is 0 Å². The van der Waals surface area contributed by atoms with E-state index in [1.54, 1.807) is 0 Å². The number of halogens is 1. The van der Waals surface area contributed by atoms with Crippen LogP contribution in [-0.4, -0.2) is 44.0 Å². The third-order valence-electron chi connectivity index (χ3n) is 2.73. The van der Waals surface area contributed by atoms with Gasteiger partial charge >= 0.3 is 0 Å². The zero-order valence-corrected chi connectivity index (χ0v) is 12.5. The van der Waals surface area contributed by atoms with Crippen LogP contribution in [0.2, 0.25) is 0 Å². The van der Waals surface area contributed by atoms with Gasteiger partial charge in [-0.25, -0.2) is 0 Å². The lowest BCUT2D eigenvalue weighted by atomic mass is 10.1. The Bertz CT molecular complexity index is 332. The van der Waals surface area contributed by atoms with Gasteiger partial charge in [-0.15, -0.1) is 0 Å². The van der Waals surface area contributed by atoms with E-state index in [0.717, 1.165) is 29.8 Å². The average molecular weight is 300 g/mol. The molecule has 3 nitrogen and oxygen atoms in total. The summed E-state index contributed by atoms with van der Waals surface area (Å²) in [5.74, 6) is 0. The summed E-state index contributed by atoms with van der Waals surface area (Å²) in [6.45, 7) is 3.09. The summed E-state index contributed by atoms with van der Waals surface area (Å²) in [4.78, 5) is 4.51. The quantitative estimate of drug-likeness (QED) is 0.819. The highest BCUT2D eigenvalue weighted by Gasteiger charge is 2.07. The summed E-state index contributed by atoms with van der Waals surface area (Å²) in [7, 11) is 6.34. The van der Waals surface area contributed by atoms with Crippen LogP contribution in [0.25, 0.3) is 0 Å². The normalized spacial score (nSPS) is 11.4. The van der Waals surface area contributed by atoms with Gasteiger partial charge < -0.3 is 15.5 Å². The number of hydrogen-bond acceptors (Lipinski definition) is 3. The van der Waals surface area contributed by atoms with Crippen molar-refractivity contribution in [3.63, 3.8) is 0 Å². The van der Waals surface area contributed by atoms with Gasteiger partial charge in [0.1, 0.15) is 0 Å². The molecule has 0 saturated carbocycles. The molecule has 1 rings (SSSR count). The molecule has 96 valence electrons. The fraction of sp³-hybridized carbons (Fsp3) is 0.538. The summed E-state index contributed by atoms with van der Waals surface area (Å²) in [5, 5.41) is 0. The number of nitrogens with two attached hydrogens (primary N) is 1. The Balaban J connectivity index is 2.47. The van der Waals surface area contributed by atoms with E-state index in [2.05, 4.69) is 46.9 Å². The molecule has 0 heterocycles. The number of nitrogens with zero attached hydrogens (tertiary/aromatic N) is 2. The van der Waals surface area contributed by atoms with E-state index in [1.165, 1.54) is 12.0 Å². The monoisotopic (exact) mass is 299 g/mol. The largest absolute Gasteiger partial charge is 0.398 e. The third-order valence-corrected chi connectivity index (χ3v) is 3.47. The number of hydrogen-bond donors (Lipinski definition) is 1. The van der Waals surface area contributed by atoms with Crippen LogP contribution in [0.4, 0.5) is 5.69 Å². The number of benzene rings is 1. The van der Waals surface area contributed by atoms with Gasteiger partial charge in [-0.1, -0.05) is 22.0 Å². The van der Waals surface area contributed by atoms with Crippen molar-refractivity contribution in [3.05, 3.63) is 28.2 Å². The standard InChI is InChI=1S/C13H22BrN3/c1-16(2)8-5-9-17(3)10-11-12(14)6-4-7-13(11)15/h4,6-7H,5,8-10,15H2,1-3H3. The molecular formula is C13H22BrN3. The molecular weight excluding hydrogens is 278 g/mol. The molecule has 1 aromatic rings. The maximum atomic E-state index is 5.98. The molecule has 0 radical (unpaired) electrons. The van der Waals surface area contributed by atoms with Crippen molar-refractivity contribution >= 4 is 21.6 Å². The molecule has 1 aromatic carbocycles. The lowest BCUT2D eigenvalue weighted by Gasteiger charge is -2.19. The molecule has 0 aliphatic heterocycles. The fourth-order valence-corrected chi connectivity index (χ4v) is 2.25. The van der Waals surface area contributed by atoms with E-state index < -0.39 is 0 Å². The minimum atomic E-state index is 0.860. The maximum absolute atomic E-state index is 5.98. The molecule has 17 heavy (non-hydrogen) atoms. The van der Waals surface area contributed by atoms with E-state index >= 15 is 0 Å². The molecule has 0 fully saturated rings. The van der Waals surface area contributed by atoms with E-state index in [9.17, 15) is 0 Å². The summed E-state index contributed by atoms with van der Waals surface area (Å²) in [6.07, 6.45) is 1.17. The highest BCUT2D eigenvalue weighted by molar-refractivity contribution is 9.10. The van der Waals surface area contributed by atoms with Gasteiger partial charge in [-0.3, -0.25) is 0 Å². The van der Waals surface area contributed by atoms with Crippen molar-refractivity contribution in [2.75, 3.05) is 40.0 Å². The van der Waals surface area contributed by atoms with Crippen molar-refractivity contribution < 1.29 is 0 Å². The van der Waals surface area contributed by atoms with Crippen LogP contribution in [0.5, 0.6) is 0 Å². The van der Waals surface area contributed by atoms with Gasteiger partial charge in [-0.2, -0.15) is 0 Å². The predicted octanol–water partition coefficient (Wildman–Crippen LogP) is 2.41. The second-order valence-electron chi connectivity index (χ2n) is 4.70. The van der Waals surface area contributed by atoms with E-state index in [-0.39, 0.29) is 0 Å². The van der Waals surface area contributed by atoms with Gasteiger partial charge in [0.2, 0.25) is 0 Å². The molecule has 0 spiro atoms. The SMILES string of the molecule is CN(C)CCCN(C)Cc1c(N)cccc1Br. The molecule has 0 aliphatic rings.